The Bertz CT molecular complexity index is 1080. The maximum absolute atomic E-state index is 14.4. The molecule has 0 atom stereocenters. The average Bonchev–Trinajstić information content (AvgIpc) is 3.24. The molecule has 1 spiro atoms. The van der Waals surface area contributed by atoms with Gasteiger partial charge in [0.1, 0.15) is 0 Å². The number of rotatable bonds is 4. The fraction of sp³-hybridized carbons (Fsp3) is 0.733. The normalized spacial score (nSPS) is 30.0. The van der Waals surface area contributed by atoms with E-state index in [9.17, 15) is 9.59 Å². The van der Waals surface area contributed by atoms with Gasteiger partial charge in [-0.05, 0) is 96.4 Å². The number of benzene rings is 1. The van der Waals surface area contributed by atoms with Gasteiger partial charge < -0.3 is 24.0 Å². The maximum atomic E-state index is 14.4. The molecule has 4 fully saturated rings. The second-order valence-electron chi connectivity index (χ2n) is 13.2. The highest BCUT2D eigenvalue weighted by Gasteiger charge is 2.57. The second kappa shape index (κ2) is 9.34. The standard InChI is InChI=1S/C30H44BN3O4/c1-6-26(35)33-16-12-30(13-17-33)24-11-10-21(31-37-28(2,3)29(4,5)38-31)18-25(24)34(27(30)36)23-19-22(20-23)32-14-8-7-9-15-32/h10-11,18,22-23H,6-9,12-17,19-20H2,1-5H3/t22-,23+. The van der Waals surface area contributed by atoms with Gasteiger partial charge in [-0.2, -0.15) is 0 Å². The molecule has 0 bridgehead atoms. The molecule has 1 saturated carbocycles. The monoisotopic (exact) mass is 521 g/mol. The number of hydrogen-bond donors (Lipinski definition) is 0. The number of carbonyl (C=O) groups is 2. The molecule has 5 aliphatic rings. The first-order valence-electron chi connectivity index (χ1n) is 14.9. The number of fused-ring (bicyclic) bond motifs is 2. The zero-order chi connectivity index (χ0) is 26.9. The molecule has 0 radical (unpaired) electrons. The summed E-state index contributed by atoms with van der Waals surface area (Å²) in [5.74, 6) is 0.422. The van der Waals surface area contributed by atoms with Crippen LogP contribution >= 0.6 is 0 Å². The van der Waals surface area contributed by atoms with Gasteiger partial charge in [0.15, 0.2) is 0 Å². The zero-order valence-corrected chi connectivity index (χ0v) is 23.9. The lowest BCUT2D eigenvalue weighted by atomic mass is 9.71. The quantitative estimate of drug-likeness (QED) is 0.567. The van der Waals surface area contributed by atoms with Crippen LogP contribution in [0.25, 0.3) is 0 Å². The van der Waals surface area contributed by atoms with Crippen LogP contribution < -0.4 is 10.4 Å². The highest BCUT2D eigenvalue weighted by atomic mass is 16.7. The van der Waals surface area contributed by atoms with E-state index in [0.29, 0.717) is 38.4 Å². The summed E-state index contributed by atoms with van der Waals surface area (Å²) in [6.45, 7) is 13.9. The number of amides is 2. The lowest BCUT2D eigenvalue weighted by Gasteiger charge is -2.48. The molecule has 3 saturated heterocycles. The molecule has 206 valence electrons. The molecule has 4 aliphatic heterocycles. The largest absolute Gasteiger partial charge is 0.494 e. The Kier molecular flexibility index (Phi) is 6.48. The van der Waals surface area contributed by atoms with E-state index in [1.165, 1.54) is 32.4 Å². The zero-order valence-electron chi connectivity index (χ0n) is 23.9. The van der Waals surface area contributed by atoms with Gasteiger partial charge in [0.2, 0.25) is 11.8 Å². The van der Waals surface area contributed by atoms with E-state index >= 15 is 0 Å². The van der Waals surface area contributed by atoms with Crippen molar-refractivity contribution < 1.29 is 18.9 Å². The Morgan fingerprint density at radius 2 is 1.58 bits per heavy atom. The van der Waals surface area contributed by atoms with Gasteiger partial charge in [-0.1, -0.05) is 25.5 Å². The van der Waals surface area contributed by atoms with Gasteiger partial charge in [-0.3, -0.25) is 9.59 Å². The van der Waals surface area contributed by atoms with Crippen molar-refractivity contribution >= 4 is 30.1 Å². The van der Waals surface area contributed by atoms with Crippen LogP contribution in [0.1, 0.15) is 91.5 Å². The summed E-state index contributed by atoms with van der Waals surface area (Å²) >= 11 is 0. The molecule has 7 nitrogen and oxygen atoms in total. The fourth-order valence-electron chi connectivity index (χ4n) is 7.29. The lowest BCUT2D eigenvalue weighted by molar-refractivity contribution is -0.135. The summed E-state index contributed by atoms with van der Waals surface area (Å²) in [7, 11) is -0.453. The minimum absolute atomic E-state index is 0.182. The minimum Gasteiger partial charge on any atom is -0.399 e. The van der Waals surface area contributed by atoms with Crippen LogP contribution in [0.5, 0.6) is 0 Å². The van der Waals surface area contributed by atoms with Crippen molar-refractivity contribution in [2.24, 2.45) is 0 Å². The molecule has 1 aromatic rings. The van der Waals surface area contributed by atoms with Gasteiger partial charge in [-0.25, -0.2) is 0 Å². The van der Waals surface area contributed by atoms with E-state index in [0.717, 1.165) is 29.6 Å². The van der Waals surface area contributed by atoms with E-state index in [2.05, 4.69) is 55.7 Å². The van der Waals surface area contributed by atoms with Crippen molar-refractivity contribution in [1.82, 2.24) is 9.80 Å². The third kappa shape index (κ3) is 4.05. The first-order chi connectivity index (χ1) is 18.1. The SMILES string of the molecule is CCC(=O)N1CCC2(CC1)C(=O)N([C@H]1C[C@@H](N3CCCCC3)C1)c1cc(B3OC(C)(C)C(C)(C)O3)ccc12. The summed E-state index contributed by atoms with van der Waals surface area (Å²) in [5, 5.41) is 0. The van der Waals surface area contributed by atoms with Crippen molar-refractivity contribution in [3.05, 3.63) is 23.8 Å². The van der Waals surface area contributed by atoms with Crippen molar-refractivity contribution in [3.63, 3.8) is 0 Å². The van der Waals surface area contributed by atoms with E-state index in [1.54, 1.807) is 0 Å². The van der Waals surface area contributed by atoms with Crippen LogP contribution in [0.3, 0.4) is 0 Å². The molecule has 1 aromatic carbocycles. The van der Waals surface area contributed by atoms with Crippen LogP contribution in [0.4, 0.5) is 5.69 Å². The fourth-order valence-corrected chi connectivity index (χ4v) is 7.29. The molecule has 38 heavy (non-hydrogen) atoms. The number of likely N-dealkylation sites (tertiary alicyclic amines) is 2. The van der Waals surface area contributed by atoms with Gasteiger partial charge in [0.25, 0.3) is 0 Å². The molecule has 6 rings (SSSR count). The predicted molar refractivity (Wildman–Crippen MR) is 150 cm³/mol. The molecule has 2 amide bonds. The van der Waals surface area contributed by atoms with Crippen molar-refractivity contribution in [1.29, 1.82) is 0 Å². The van der Waals surface area contributed by atoms with Crippen LogP contribution in [0.2, 0.25) is 0 Å². The summed E-state index contributed by atoms with van der Waals surface area (Å²) in [6.07, 6.45) is 7.91. The predicted octanol–water partition coefficient (Wildman–Crippen LogP) is 3.62. The Hall–Kier alpha value is -1.90. The summed E-state index contributed by atoms with van der Waals surface area (Å²) in [4.78, 5) is 33.5. The Labute approximate surface area is 228 Å². The van der Waals surface area contributed by atoms with E-state index in [4.69, 9.17) is 9.31 Å². The lowest BCUT2D eigenvalue weighted by Crippen LogP contribution is -2.58. The Morgan fingerprint density at radius 3 is 2.18 bits per heavy atom. The highest BCUT2D eigenvalue weighted by molar-refractivity contribution is 6.62. The van der Waals surface area contributed by atoms with Crippen molar-refractivity contribution in [2.75, 3.05) is 31.1 Å². The summed E-state index contributed by atoms with van der Waals surface area (Å²) in [5.41, 5.74) is 1.78. The van der Waals surface area contributed by atoms with Crippen LogP contribution in [0, 0.1) is 0 Å². The Balaban J connectivity index is 1.30. The summed E-state index contributed by atoms with van der Waals surface area (Å²) in [6, 6.07) is 7.24. The van der Waals surface area contributed by atoms with Crippen LogP contribution in [-0.2, 0) is 24.3 Å². The maximum Gasteiger partial charge on any atom is 0.494 e. The number of carbonyl (C=O) groups excluding carboxylic acids is 2. The number of nitrogens with zero attached hydrogens (tertiary/aromatic N) is 3. The van der Waals surface area contributed by atoms with Crippen LogP contribution in [-0.4, -0.2) is 78.2 Å². The molecule has 0 aromatic heterocycles. The molecular weight excluding hydrogens is 477 g/mol. The molecule has 0 unspecified atom stereocenters. The molecule has 1 aliphatic carbocycles. The molecule has 4 heterocycles. The second-order valence-corrected chi connectivity index (χ2v) is 13.2. The van der Waals surface area contributed by atoms with Crippen molar-refractivity contribution in [2.45, 2.75) is 115 Å². The molecular formula is C30H44BN3O4. The number of hydrogen-bond acceptors (Lipinski definition) is 5. The van der Waals surface area contributed by atoms with Gasteiger partial charge >= 0.3 is 7.12 Å². The van der Waals surface area contributed by atoms with Gasteiger partial charge in [0.05, 0.1) is 16.6 Å². The van der Waals surface area contributed by atoms with E-state index in [1.807, 2.05) is 11.8 Å². The minimum atomic E-state index is -0.537. The topological polar surface area (TPSA) is 62.3 Å². The third-order valence-electron chi connectivity index (χ3n) is 10.6. The first kappa shape index (κ1) is 26.3. The van der Waals surface area contributed by atoms with E-state index < -0.39 is 23.7 Å². The number of piperidine rings is 2. The highest BCUT2D eigenvalue weighted by Crippen LogP contribution is 2.51. The molecule has 0 N–H and O–H groups in total. The smallest absolute Gasteiger partial charge is 0.399 e. The molecule has 8 heteroatoms. The summed E-state index contributed by atoms with van der Waals surface area (Å²) < 4.78 is 12.8. The average molecular weight is 522 g/mol. The third-order valence-corrected chi connectivity index (χ3v) is 10.6. The van der Waals surface area contributed by atoms with Gasteiger partial charge in [0, 0.05) is 37.3 Å². The van der Waals surface area contributed by atoms with Gasteiger partial charge in [-0.15, -0.1) is 0 Å². The van der Waals surface area contributed by atoms with Crippen molar-refractivity contribution in [3.8, 4) is 0 Å². The van der Waals surface area contributed by atoms with Crippen LogP contribution in [0.15, 0.2) is 18.2 Å². The van der Waals surface area contributed by atoms with E-state index in [-0.39, 0.29) is 17.9 Å². The Morgan fingerprint density at radius 1 is 0.947 bits per heavy atom. The number of anilines is 1. The first-order valence-corrected chi connectivity index (χ1v) is 14.9.